The topological polar surface area (TPSA) is 36.3 Å². The lowest BCUT2D eigenvalue weighted by Crippen LogP contribution is -2.23. The predicted molar refractivity (Wildman–Crippen MR) is 88.5 cm³/mol. The molecule has 2 rings (SSSR count). The molecule has 0 heterocycles. The summed E-state index contributed by atoms with van der Waals surface area (Å²) in [4.78, 5) is 2.24. The summed E-state index contributed by atoms with van der Waals surface area (Å²) in [7, 11) is 1.68. The maximum atomic E-state index is 9.22. The monoisotopic (exact) mass is 292 g/mol. The number of benzene rings is 2. The molecule has 112 valence electrons. The Morgan fingerprint density at radius 1 is 1.09 bits per heavy atom. The van der Waals surface area contributed by atoms with Crippen molar-refractivity contribution in [3.63, 3.8) is 0 Å². The van der Waals surface area contributed by atoms with E-state index < -0.39 is 0 Å². The van der Waals surface area contributed by atoms with Gasteiger partial charge < -0.3 is 4.74 Å². The second-order valence-corrected chi connectivity index (χ2v) is 5.04. The molecule has 0 bridgehead atoms. The van der Waals surface area contributed by atoms with Gasteiger partial charge >= 0.3 is 0 Å². The van der Waals surface area contributed by atoms with E-state index in [4.69, 9.17) is 4.74 Å². The first-order valence-electron chi connectivity index (χ1n) is 7.21. The zero-order valence-corrected chi connectivity index (χ0v) is 12.8. The van der Waals surface area contributed by atoms with Gasteiger partial charge in [0.05, 0.1) is 18.7 Å². The molecule has 2 aromatic rings. The van der Waals surface area contributed by atoms with E-state index in [-0.39, 0.29) is 0 Å². The molecule has 3 nitrogen and oxygen atoms in total. The predicted octanol–water partition coefficient (Wildman–Crippen LogP) is 3.76. The Kier molecular flexibility index (Phi) is 5.76. The molecule has 0 amide bonds. The first-order valence-corrected chi connectivity index (χ1v) is 7.21. The molecule has 0 aliphatic rings. The van der Waals surface area contributed by atoms with E-state index in [2.05, 4.69) is 23.6 Å². The average molecular weight is 292 g/mol. The van der Waals surface area contributed by atoms with Crippen LogP contribution in [0.2, 0.25) is 0 Å². The lowest BCUT2D eigenvalue weighted by atomic mass is 10.1. The molecule has 0 fully saturated rings. The summed E-state index contributed by atoms with van der Waals surface area (Å²) in [5.41, 5.74) is 2.87. The molecule has 0 atom stereocenters. The number of nitriles is 1. The van der Waals surface area contributed by atoms with Crippen molar-refractivity contribution in [3.05, 3.63) is 77.9 Å². The van der Waals surface area contributed by atoms with Crippen LogP contribution in [0.5, 0.6) is 5.75 Å². The fourth-order valence-electron chi connectivity index (χ4n) is 2.45. The smallest absolute Gasteiger partial charge is 0.123 e. The number of hydrogen-bond donors (Lipinski definition) is 0. The molecule has 2 aromatic carbocycles. The third kappa shape index (κ3) is 3.97. The summed E-state index contributed by atoms with van der Waals surface area (Å²) in [5, 5.41) is 9.22. The van der Waals surface area contributed by atoms with Crippen LogP contribution in [0.4, 0.5) is 0 Å². The van der Waals surface area contributed by atoms with E-state index in [0.717, 1.165) is 35.5 Å². The molecular weight excluding hydrogens is 272 g/mol. The summed E-state index contributed by atoms with van der Waals surface area (Å²) in [6.45, 7) is 6.03. The highest BCUT2D eigenvalue weighted by Gasteiger charge is 2.11. The highest BCUT2D eigenvalue weighted by Crippen LogP contribution is 2.21. The van der Waals surface area contributed by atoms with E-state index in [0.29, 0.717) is 6.54 Å². The minimum Gasteiger partial charge on any atom is -0.496 e. The van der Waals surface area contributed by atoms with Gasteiger partial charge in [-0.05, 0) is 17.7 Å². The van der Waals surface area contributed by atoms with Crippen LogP contribution in [0.1, 0.15) is 16.7 Å². The van der Waals surface area contributed by atoms with Gasteiger partial charge in [0.15, 0.2) is 0 Å². The van der Waals surface area contributed by atoms with Crippen molar-refractivity contribution in [2.45, 2.75) is 13.1 Å². The van der Waals surface area contributed by atoms with E-state index in [1.807, 2.05) is 48.5 Å². The summed E-state index contributed by atoms with van der Waals surface area (Å²) in [5.74, 6) is 0.880. The summed E-state index contributed by atoms with van der Waals surface area (Å²) < 4.78 is 5.41. The molecule has 0 aromatic heterocycles. The third-order valence-electron chi connectivity index (χ3n) is 3.51. The van der Waals surface area contributed by atoms with Gasteiger partial charge in [-0.25, -0.2) is 0 Å². The highest BCUT2D eigenvalue weighted by molar-refractivity contribution is 5.37. The molecular formula is C19H20N2O. The molecule has 0 unspecified atom stereocenters. The van der Waals surface area contributed by atoms with Gasteiger partial charge in [-0.1, -0.05) is 42.5 Å². The fourth-order valence-corrected chi connectivity index (χ4v) is 2.45. The maximum Gasteiger partial charge on any atom is 0.123 e. The van der Waals surface area contributed by atoms with Gasteiger partial charge in [0.25, 0.3) is 0 Å². The molecule has 0 N–H and O–H groups in total. The Labute approximate surface area is 132 Å². The summed E-state index contributed by atoms with van der Waals surface area (Å²) in [6, 6.07) is 17.9. The van der Waals surface area contributed by atoms with Crippen LogP contribution in [-0.4, -0.2) is 18.6 Å². The summed E-state index contributed by atoms with van der Waals surface area (Å²) >= 11 is 0. The van der Waals surface area contributed by atoms with E-state index in [1.165, 1.54) is 0 Å². The molecule has 0 spiro atoms. The quantitative estimate of drug-likeness (QED) is 0.729. The highest BCUT2D eigenvalue weighted by atomic mass is 16.5. The normalized spacial score (nSPS) is 10.2. The number of para-hydroxylation sites is 1. The maximum absolute atomic E-state index is 9.22. The van der Waals surface area contributed by atoms with Gasteiger partial charge in [0.2, 0.25) is 0 Å². The van der Waals surface area contributed by atoms with Crippen LogP contribution in [0.25, 0.3) is 0 Å². The average Bonchev–Trinajstić information content (AvgIpc) is 2.56. The lowest BCUT2D eigenvalue weighted by Gasteiger charge is -2.22. The Morgan fingerprint density at radius 3 is 2.41 bits per heavy atom. The van der Waals surface area contributed by atoms with Crippen molar-refractivity contribution >= 4 is 0 Å². The van der Waals surface area contributed by atoms with Crippen LogP contribution in [0.3, 0.4) is 0 Å². The minimum absolute atomic E-state index is 0.702. The SMILES string of the molecule is C=CCN(Cc1ccccc1C#N)Cc1ccccc1OC. The van der Waals surface area contributed by atoms with Crippen LogP contribution in [-0.2, 0) is 13.1 Å². The van der Waals surface area contributed by atoms with Crippen LogP contribution >= 0.6 is 0 Å². The number of nitrogens with zero attached hydrogens (tertiary/aromatic N) is 2. The molecule has 22 heavy (non-hydrogen) atoms. The summed E-state index contributed by atoms with van der Waals surface area (Å²) in [6.07, 6.45) is 1.88. The first-order chi connectivity index (χ1) is 10.8. The Morgan fingerprint density at radius 2 is 1.73 bits per heavy atom. The fraction of sp³-hybridized carbons (Fsp3) is 0.211. The largest absolute Gasteiger partial charge is 0.496 e. The number of rotatable bonds is 7. The van der Waals surface area contributed by atoms with E-state index in [9.17, 15) is 5.26 Å². The second-order valence-electron chi connectivity index (χ2n) is 5.04. The lowest BCUT2D eigenvalue weighted by molar-refractivity contribution is 0.280. The Hall–Kier alpha value is -2.57. The standard InChI is InChI=1S/C19H20N2O/c1-3-12-21(14-17-9-5-4-8-16(17)13-20)15-18-10-6-7-11-19(18)22-2/h3-11H,1,12,14-15H2,2H3. The number of hydrogen-bond acceptors (Lipinski definition) is 3. The molecule has 0 aliphatic carbocycles. The molecule has 0 saturated carbocycles. The molecule has 0 aliphatic heterocycles. The van der Waals surface area contributed by atoms with Crippen molar-refractivity contribution in [1.29, 1.82) is 5.26 Å². The van der Waals surface area contributed by atoms with Crippen LogP contribution < -0.4 is 4.74 Å². The first kappa shape index (κ1) is 15.8. The van der Waals surface area contributed by atoms with Crippen molar-refractivity contribution in [2.24, 2.45) is 0 Å². The molecule has 0 radical (unpaired) electrons. The zero-order valence-electron chi connectivity index (χ0n) is 12.8. The van der Waals surface area contributed by atoms with Gasteiger partial charge in [-0.15, -0.1) is 6.58 Å². The third-order valence-corrected chi connectivity index (χ3v) is 3.51. The number of ether oxygens (including phenoxy) is 1. The Bertz CT molecular complexity index is 673. The van der Waals surface area contributed by atoms with Crippen molar-refractivity contribution in [2.75, 3.05) is 13.7 Å². The van der Waals surface area contributed by atoms with Gasteiger partial charge in [-0.3, -0.25) is 4.90 Å². The second kappa shape index (κ2) is 8.02. The van der Waals surface area contributed by atoms with Crippen molar-refractivity contribution < 1.29 is 4.74 Å². The van der Waals surface area contributed by atoms with E-state index in [1.54, 1.807) is 7.11 Å². The van der Waals surface area contributed by atoms with Crippen LogP contribution in [0.15, 0.2) is 61.2 Å². The Balaban J connectivity index is 2.20. The van der Waals surface area contributed by atoms with Gasteiger partial charge in [0.1, 0.15) is 5.75 Å². The van der Waals surface area contributed by atoms with Gasteiger partial charge in [-0.2, -0.15) is 5.26 Å². The zero-order chi connectivity index (χ0) is 15.8. The van der Waals surface area contributed by atoms with Crippen molar-refractivity contribution in [1.82, 2.24) is 4.90 Å². The molecule has 0 saturated heterocycles. The number of methoxy groups -OCH3 is 1. The van der Waals surface area contributed by atoms with Crippen molar-refractivity contribution in [3.8, 4) is 11.8 Å². The van der Waals surface area contributed by atoms with E-state index >= 15 is 0 Å². The molecule has 3 heteroatoms. The van der Waals surface area contributed by atoms with Crippen LogP contribution in [0, 0.1) is 11.3 Å². The minimum atomic E-state index is 0.702. The van der Waals surface area contributed by atoms with Gasteiger partial charge in [0, 0.05) is 25.2 Å².